The zero-order valence-corrected chi connectivity index (χ0v) is 11.0. The summed E-state index contributed by atoms with van der Waals surface area (Å²) < 4.78 is 10.2. The molecular formula is C14H19NO3. The molecule has 0 aromatic heterocycles. The van der Waals surface area contributed by atoms with E-state index in [0.29, 0.717) is 0 Å². The molecular weight excluding hydrogens is 230 g/mol. The molecule has 0 saturated heterocycles. The van der Waals surface area contributed by atoms with Gasteiger partial charge in [0.2, 0.25) is 0 Å². The summed E-state index contributed by atoms with van der Waals surface area (Å²) in [6, 6.07) is 6.83. The van der Waals surface area contributed by atoms with Crippen molar-refractivity contribution in [3.8, 4) is 5.75 Å². The first-order valence-corrected chi connectivity index (χ1v) is 5.80. The van der Waals surface area contributed by atoms with Crippen LogP contribution in [-0.4, -0.2) is 25.2 Å². The molecule has 0 spiro atoms. The monoisotopic (exact) mass is 249 g/mol. The normalized spacial score (nSPS) is 11.8. The van der Waals surface area contributed by atoms with Crippen LogP contribution in [0.5, 0.6) is 5.75 Å². The van der Waals surface area contributed by atoms with Crippen molar-refractivity contribution in [2.75, 3.05) is 12.4 Å². The minimum atomic E-state index is -0.549. The topological polar surface area (TPSA) is 47.6 Å². The first-order valence-electron chi connectivity index (χ1n) is 5.80. The lowest BCUT2D eigenvalue weighted by Gasteiger charge is -2.14. The number of anilines is 1. The molecule has 1 N–H and O–H groups in total. The van der Waals surface area contributed by atoms with Gasteiger partial charge >= 0.3 is 5.97 Å². The summed E-state index contributed by atoms with van der Waals surface area (Å²) in [4.78, 5) is 11.4. The Kier molecular flexibility index (Phi) is 5.24. The van der Waals surface area contributed by atoms with Crippen LogP contribution in [0.1, 0.15) is 13.8 Å². The smallest absolute Gasteiger partial charge is 0.332 e. The number of esters is 1. The van der Waals surface area contributed by atoms with Crippen molar-refractivity contribution in [1.82, 2.24) is 0 Å². The van der Waals surface area contributed by atoms with E-state index in [4.69, 9.17) is 4.74 Å². The average molecular weight is 249 g/mol. The van der Waals surface area contributed by atoms with Crippen LogP contribution in [-0.2, 0) is 9.53 Å². The first kappa shape index (κ1) is 14.1. The highest BCUT2D eigenvalue weighted by Crippen LogP contribution is 2.17. The van der Waals surface area contributed by atoms with Crippen LogP contribution in [0.4, 0.5) is 5.69 Å². The Hall–Kier alpha value is -1.97. The predicted octanol–water partition coefficient (Wildman–Crippen LogP) is 2.61. The lowest BCUT2D eigenvalue weighted by molar-refractivity contribution is -0.140. The van der Waals surface area contributed by atoms with E-state index in [1.807, 2.05) is 38.1 Å². The summed E-state index contributed by atoms with van der Waals surface area (Å²) in [6.45, 7) is 7.53. The minimum absolute atomic E-state index is 0.139. The maximum atomic E-state index is 11.4. The van der Waals surface area contributed by atoms with Gasteiger partial charge in [0.1, 0.15) is 11.8 Å². The highest BCUT2D eigenvalue weighted by molar-refractivity contribution is 5.81. The lowest BCUT2D eigenvalue weighted by Crippen LogP contribution is -2.28. The molecule has 0 aliphatic carbocycles. The summed E-state index contributed by atoms with van der Waals surface area (Å²) >= 11 is 0. The lowest BCUT2D eigenvalue weighted by atomic mass is 10.2. The number of carbonyl (C=O) groups excluding carboxylic acids is 1. The summed E-state index contributed by atoms with van der Waals surface area (Å²) in [5.74, 6) is 0.427. The number of benzene rings is 1. The van der Waals surface area contributed by atoms with E-state index in [1.54, 1.807) is 0 Å². The maximum Gasteiger partial charge on any atom is 0.332 e. The van der Waals surface area contributed by atoms with Crippen molar-refractivity contribution < 1.29 is 14.3 Å². The fourth-order valence-electron chi connectivity index (χ4n) is 1.42. The van der Waals surface area contributed by atoms with Gasteiger partial charge in [-0.3, -0.25) is 0 Å². The summed E-state index contributed by atoms with van der Waals surface area (Å²) in [6.07, 6.45) is 1.64. The fraction of sp³-hybridized carbons (Fsp3) is 0.357. The zero-order chi connectivity index (χ0) is 13.5. The molecule has 1 unspecified atom stereocenters. The Morgan fingerprint density at radius 1 is 1.33 bits per heavy atom. The average Bonchev–Trinajstić information content (AvgIpc) is 2.36. The number of rotatable bonds is 6. The van der Waals surface area contributed by atoms with Gasteiger partial charge in [-0.1, -0.05) is 6.08 Å². The second-order valence-electron chi connectivity index (χ2n) is 4.07. The van der Waals surface area contributed by atoms with Crippen LogP contribution in [0.25, 0.3) is 0 Å². The molecule has 0 radical (unpaired) electrons. The van der Waals surface area contributed by atoms with Crippen molar-refractivity contribution >= 4 is 11.7 Å². The largest absolute Gasteiger partial charge is 0.491 e. The third kappa shape index (κ3) is 4.13. The van der Waals surface area contributed by atoms with Gasteiger partial charge in [-0.2, -0.15) is 0 Å². The molecule has 1 rings (SSSR count). The molecule has 98 valence electrons. The second kappa shape index (κ2) is 6.69. The van der Waals surface area contributed by atoms with Crippen LogP contribution in [0, 0.1) is 0 Å². The van der Waals surface area contributed by atoms with Crippen LogP contribution < -0.4 is 10.1 Å². The van der Waals surface area contributed by atoms with Crippen molar-refractivity contribution in [3.05, 3.63) is 36.9 Å². The van der Waals surface area contributed by atoms with E-state index in [2.05, 4.69) is 16.6 Å². The van der Waals surface area contributed by atoms with E-state index in [0.717, 1.165) is 11.4 Å². The van der Waals surface area contributed by atoms with Gasteiger partial charge in [0.15, 0.2) is 0 Å². The van der Waals surface area contributed by atoms with Gasteiger partial charge in [0, 0.05) is 5.69 Å². The molecule has 0 fully saturated rings. The van der Waals surface area contributed by atoms with E-state index < -0.39 is 6.04 Å². The summed E-state index contributed by atoms with van der Waals surface area (Å²) in [7, 11) is 1.35. The van der Waals surface area contributed by atoms with E-state index >= 15 is 0 Å². The Bertz CT molecular complexity index is 398. The van der Waals surface area contributed by atoms with Crippen LogP contribution in [0.3, 0.4) is 0 Å². The molecule has 0 aliphatic heterocycles. The fourth-order valence-corrected chi connectivity index (χ4v) is 1.42. The molecule has 0 saturated carbocycles. The molecule has 4 heteroatoms. The van der Waals surface area contributed by atoms with Gasteiger partial charge in [-0.25, -0.2) is 4.79 Å². The number of hydrogen-bond donors (Lipinski definition) is 1. The van der Waals surface area contributed by atoms with Gasteiger partial charge in [0.25, 0.3) is 0 Å². The number of methoxy groups -OCH3 is 1. The number of ether oxygens (including phenoxy) is 2. The van der Waals surface area contributed by atoms with Crippen LogP contribution >= 0.6 is 0 Å². The van der Waals surface area contributed by atoms with E-state index in [-0.39, 0.29) is 12.1 Å². The van der Waals surface area contributed by atoms with Gasteiger partial charge in [-0.15, -0.1) is 6.58 Å². The molecule has 1 aromatic carbocycles. The number of hydrogen-bond acceptors (Lipinski definition) is 4. The first-order chi connectivity index (χ1) is 8.56. The number of nitrogens with one attached hydrogen (secondary N) is 1. The standard InChI is InChI=1S/C14H19NO3/c1-5-13(14(16)17-4)15-11-6-8-12(9-7-11)18-10(2)3/h5-10,13,15H,1H2,2-4H3. The Morgan fingerprint density at radius 3 is 2.39 bits per heavy atom. The van der Waals surface area contributed by atoms with Gasteiger partial charge in [-0.05, 0) is 38.1 Å². The molecule has 18 heavy (non-hydrogen) atoms. The highest BCUT2D eigenvalue weighted by Gasteiger charge is 2.14. The number of carbonyl (C=O) groups is 1. The van der Waals surface area contributed by atoms with E-state index in [9.17, 15) is 4.79 Å². The third-order valence-electron chi connectivity index (χ3n) is 2.24. The molecule has 4 nitrogen and oxygen atoms in total. The maximum absolute atomic E-state index is 11.4. The van der Waals surface area contributed by atoms with Gasteiger partial charge < -0.3 is 14.8 Å². The molecule has 0 heterocycles. The molecule has 0 bridgehead atoms. The SMILES string of the molecule is C=CC(Nc1ccc(OC(C)C)cc1)C(=O)OC. The Labute approximate surface area is 108 Å². The van der Waals surface area contributed by atoms with E-state index in [1.165, 1.54) is 13.2 Å². The van der Waals surface area contributed by atoms with Crippen LogP contribution in [0.15, 0.2) is 36.9 Å². The third-order valence-corrected chi connectivity index (χ3v) is 2.24. The van der Waals surface area contributed by atoms with Crippen molar-refractivity contribution in [2.24, 2.45) is 0 Å². The highest BCUT2D eigenvalue weighted by atomic mass is 16.5. The Morgan fingerprint density at radius 2 is 1.94 bits per heavy atom. The van der Waals surface area contributed by atoms with Crippen molar-refractivity contribution in [3.63, 3.8) is 0 Å². The van der Waals surface area contributed by atoms with Crippen LogP contribution in [0.2, 0.25) is 0 Å². The second-order valence-corrected chi connectivity index (χ2v) is 4.07. The Balaban J connectivity index is 2.67. The predicted molar refractivity (Wildman–Crippen MR) is 71.8 cm³/mol. The van der Waals surface area contributed by atoms with Crippen molar-refractivity contribution in [1.29, 1.82) is 0 Å². The minimum Gasteiger partial charge on any atom is -0.491 e. The molecule has 1 atom stereocenters. The van der Waals surface area contributed by atoms with Gasteiger partial charge in [0.05, 0.1) is 13.2 Å². The van der Waals surface area contributed by atoms with Crippen molar-refractivity contribution in [2.45, 2.75) is 26.0 Å². The molecule has 0 aliphatic rings. The summed E-state index contributed by atoms with van der Waals surface area (Å²) in [5.41, 5.74) is 0.807. The summed E-state index contributed by atoms with van der Waals surface area (Å²) in [5, 5.41) is 3.01. The molecule has 0 amide bonds. The molecule has 1 aromatic rings. The quantitative estimate of drug-likeness (QED) is 0.622. The zero-order valence-electron chi connectivity index (χ0n) is 11.0.